The maximum atomic E-state index is 5.58. The van der Waals surface area contributed by atoms with E-state index >= 15 is 0 Å². The largest absolute Gasteiger partial charge is 0.381 e. The molecule has 0 aromatic rings. The number of ether oxygens (including phenoxy) is 1. The highest BCUT2D eigenvalue weighted by atomic mass is 127. The van der Waals surface area contributed by atoms with Crippen molar-refractivity contribution >= 4 is 41.7 Å². The van der Waals surface area contributed by atoms with Gasteiger partial charge in [-0.15, -0.1) is 24.0 Å². The summed E-state index contributed by atoms with van der Waals surface area (Å²) in [5.41, 5.74) is 0.314. The predicted molar refractivity (Wildman–Crippen MR) is 128 cm³/mol. The predicted octanol–water partition coefficient (Wildman–Crippen LogP) is 3.43. The van der Waals surface area contributed by atoms with Crippen LogP contribution in [0.25, 0.3) is 0 Å². The summed E-state index contributed by atoms with van der Waals surface area (Å²) < 4.78 is 5.89. The van der Waals surface area contributed by atoms with E-state index < -0.39 is 0 Å². The molecule has 0 bridgehead atoms. The van der Waals surface area contributed by atoms with E-state index in [1.165, 1.54) is 57.4 Å². The van der Waals surface area contributed by atoms with Crippen LogP contribution >= 0.6 is 35.7 Å². The summed E-state index contributed by atoms with van der Waals surface area (Å²) in [6, 6.07) is 0. The molecule has 2 saturated heterocycles. The Labute approximate surface area is 187 Å². The van der Waals surface area contributed by atoms with Crippen molar-refractivity contribution in [2.45, 2.75) is 68.8 Å². The van der Waals surface area contributed by atoms with Crippen molar-refractivity contribution in [1.82, 2.24) is 15.1 Å². The van der Waals surface area contributed by atoms with Gasteiger partial charge < -0.3 is 15.0 Å². The van der Waals surface area contributed by atoms with Gasteiger partial charge in [0.2, 0.25) is 0 Å². The Bertz CT molecular complexity index is 488. The number of likely N-dealkylation sites (tertiary alicyclic amines) is 1. The number of nitrogens with one attached hydrogen (secondary N) is 1. The first-order chi connectivity index (χ1) is 12.5. The SMILES string of the molecule is CN=C(NCC1(N2CCC(OC)CC2)CCCC1)N1CCSC(C)(C)C1.I. The summed E-state index contributed by atoms with van der Waals surface area (Å²) in [5.74, 6) is 2.28. The van der Waals surface area contributed by atoms with Crippen LogP contribution in [0.5, 0.6) is 0 Å². The molecule has 5 nitrogen and oxygen atoms in total. The quantitative estimate of drug-likeness (QED) is 0.357. The first kappa shape index (κ1) is 23.5. The molecule has 3 fully saturated rings. The molecule has 27 heavy (non-hydrogen) atoms. The molecule has 1 aliphatic carbocycles. The van der Waals surface area contributed by atoms with Crippen molar-refractivity contribution in [1.29, 1.82) is 0 Å². The van der Waals surface area contributed by atoms with Crippen molar-refractivity contribution in [3.05, 3.63) is 0 Å². The summed E-state index contributed by atoms with van der Waals surface area (Å²) in [5, 5.41) is 3.78. The van der Waals surface area contributed by atoms with Crippen molar-refractivity contribution in [2.75, 3.05) is 52.6 Å². The fraction of sp³-hybridized carbons (Fsp3) is 0.950. The molecule has 0 aromatic carbocycles. The van der Waals surface area contributed by atoms with Crippen LogP contribution in [0.15, 0.2) is 4.99 Å². The molecule has 2 heterocycles. The number of hydrogen-bond acceptors (Lipinski definition) is 4. The summed E-state index contributed by atoms with van der Waals surface area (Å²) in [6.07, 6.45) is 8.15. The van der Waals surface area contributed by atoms with Gasteiger partial charge in [-0.25, -0.2) is 0 Å². The average Bonchev–Trinajstić information content (AvgIpc) is 3.12. The van der Waals surface area contributed by atoms with Gasteiger partial charge in [0.25, 0.3) is 0 Å². The Hall–Kier alpha value is 0.270. The third kappa shape index (κ3) is 5.89. The second-order valence-electron chi connectivity index (χ2n) is 8.78. The summed E-state index contributed by atoms with van der Waals surface area (Å²) >= 11 is 2.08. The second kappa shape index (κ2) is 10.3. The fourth-order valence-corrected chi connectivity index (χ4v) is 6.09. The Morgan fingerprint density at radius 2 is 1.85 bits per heavy atom. The van der Waals surface area contributed by atoms with Crippen LogP contribution in [0.4, 0.5) is 0 Å². The number of rotatable bonds is 4. The van der Waals surface area contributed by atoms with E-state index in [2.05, 4.69) is 45.7 Å². The van der Waals surface area contributed by atoms with Gasteiger partial charge in [0.15, 0.2) is 5.96 Å². The Morgan fingerprint density at radius 3 is 2.41 bits per heavy atom. The lowest BCUT2D eigenvalue weighted by Crippen LogP contribution is -2.59. The Balaban J connectivity index is 0.00000261. The smallest absolute Gasteiger partial charge is 0.193 e. The standard InChI is InChI=1S/C20H38N4OS.HI/c1-19(2)16-23(13-14-26-19)18(21-3)22-15-20(9-5-6-10-20)24-11-7-17(25-4)8-12-24;/h17H,5-16H2,1-4H3,(H,21,22);1H. The van der Waals surface area contributed by atoms with E-state index in [4.69, 9.17) is 4.74 Å². The van der Waals surface area contributed by atoms with Crippen LogP contribution in [0, 0.1) is 0 Å². The van der Waals surface area contributed by atoms with Crippen LogP contribution in [-0.2, 0) is 4.74 Å². The van der Waals surface area contributed by atoms with E-state index in [1.807, 2.05) is 14.2 Å². The highest BCUT2D eigenvalue weighted by Crippen LogP contribution is 2.37. The number of methoxy groups -OCH3 is 1. The molecule has 3 rings (SSSR count). The molecule has 0 aromatic heterocycles. The maximum Gasteiger partial charge on any atom is 0.193 e. The second-order valence-corrected chi connectivity index (χ2v) is 10.6. The molecular formula is C20H39IN4OS. The number of aliphatic imine (C=N–C) groups is 1. The minimum atomic E-state index is 0. The first-order valence-corrected chi connectivity index (χ1v) is 11.3. The molecule has 0 amide bonds. The molecule has 3 aliphatic rings. The van der Waals surface area contributed by atoms with Gasteiger partial charge in [0.05, 0.1) is 6.10 Å². The summed E-state index contributed by atoms with van der Waals surface area (Å²) in [6.45, 7) is 10.2. The fourth-order valence-electron chi connectivity index (χ4n) is 4.98. The molecule has 0 radical (unpaired) electrons. The Kier molecular flexibility index (Phi) is 9.02. The first-order valence-electron chi connectivity index (χ1n) is 10.4. The molecule has 0 atom stereocenters. The van der Waals surface area contributed by atoms with E-state index in [9.17, 15) is 0 Å². The monoisotopic (exact) mass is 510 g/mol. The van der Waals surface area contributed by atoms with Crippen molar-refractivity contribution in [2.24, 2.45) is 4.99 Å². The number of halogens is 1. The van der Waals surface area contributed by atoms with Gasteiger partial charge in [-0.05, 0) is 39.5 Å². The van der Waals surface area contributed by atoms with Crippen LogP contribution < -0.4 is 5.32 Å². The van der Waals surface area contributed by atoms with Crippen LogP contribution in [0.2, 0.25) is 0 Å². The van der Waals surface area contributed by atoms with Crippen LogP contribution in [-0.4, -0.2) is 84.8 Å². The Morgan fingerprint density at radius 1 is 1.19 bits per heavy atom. The minimum absolute atomic E-state index is 0. The van der Waals surface area contributed by atoms with Gasteiger partial charge >= 0.3 is 0 Å². The van der Waals surface area contributed by atoms with Crippen molar-refractivity contribution < 1.29 is 4.74 Å². The number of thioether (sulfide) groups is 1. The van der Waals surface area contributed by atoms with E-state index in [0.717, 1.165) is 25.6 Å². The lowest BCUT2D eigenvalue weighted by atomic mass is 9.91. The highest BCUT2D eigenvalue weighted by molar-refractivity contribution is 14.0. The normalized spacial score (nSPS) is 26.7. The van der Waals surface area contributed by atoms with E-state index in [1.54, 1.807) is 0 Å². The highest BCUT2D eigenvalue weighted by Gasteiger charge is 2.41. The lowest BCUT2D eigenvalue weighted by Gasteiger charge is -2.46. The third-order valence-corrected chi connectivity index (χ3v) is 7.79. The van der Waals surface area contributed by atoms with Crippen molar-refractivity contribution in [3.63, 3.8) is 0 Å². The molecule has 0 unspecified atom stereocenters. The molecule has 2 aliphatic heterocycles. The zero-order valence-corrected chi connectivity index (χ0v) is 20.8. The number of hydrogen-bond donors (Lipinski definition) is 1. The summed E-state index contributed by atoms with van der Waals surface area (Å²) in [7, 11) is 3.79. The third-order valence-electron chi connectivity index (χ3n) is 6.49. The maximum absolute atomic E-state index is 5.58. The van der Waals surface area contributed by atoms with E-state index in [-0.39, 0.29) is 24.0 Å². The minimum Gasteiger partial charge on any atom is -0.381 e. The zero-order valence-electron chi connectivity index (χ0n) is 17.6. The van der Waals surface area contributed by atoms with Crippen LogP contribution in [0.1, 0.15) is 52.4 Å². The molecule has 7 heteroatoms. The molecule has 0 spiro atoms. The van der Waals surface area contributed by atoms with Gasteiger partial charge in [0, 0.05) is 62.9 Å². The van der Waals surface area contributed by atoms with Gasteiger partial charge in [-0.1, -0.05) is 12.8 Å². The molecular weight excluding hydrogens is 471 g/mol. The van der Waals surface area contributed by atoms with E-state index in [0.29, 0.717) is 16.4 Å². The lowest BCUT2D eigenvalue weighted by molar-refractivity contribution is -0.00179. The zero-order chi connectivity index (χ0) is 18.6. The van der Waals surface area contributed by atoms with Crippen molar-refractivity contribution in [3.8, 4) is 0 Å². The van der Waals surface area contributed by atoms with Crippen LogP contribution in [0.3, 0.4) is 0 Å². The number of nitrogens with zero attached hydrogens (tertiary/aromatic N) is 3. The number of piperidine rings is 1. The van der Waals surface area contributed by atoms with Gasteiger partial charge in [-0.3, -0.25) is 9.89 Å². The topological polar surface area (TPSA) is 40.1 Å². The number of guanidine groups is 1. The van der Waals surface area contributed by atoms with Gasteiger partial charge in [-0.2, -0.15) is 11.8 Å². The summed E-state index contributed by atoms with van der Waals surface area (Å²) in [4.78, 5) is 9.83. The average molecular weight is 511 g/mol. The van der Waals surface area contributed by atoms with Gasteiger partial charge in [0.1, 0.15) is 0 Å². The molecule has 158 valence electrons. The molecule has 1 N–H and O–H groups in total. The molecule has 1 saturated carbocycles.